The van der Waals surface area contributed by atoms with E-state index in [0.717, 1.165) is 53.0 Å². The van der Waals surface area contributed by atoms with Crippen LogP contribution in [0.3, 0.4) is 0 Å². The lowest BCUT2D eigenvalue weighted by molar-refractivity contribution is -0.119. The predicted octanol–water partition coefficient (Wildman–Crippen LogP) is 6.25. The van der Waals surface area contributed by atoms with Gasteiger partial charge < -0.3 is 4.74 Å². The van der Waals surface area contributed by atoms with Gasteiger partial charge in [-0.05, 0) is 71.9 Å². The number of hydrogen-bond donors (Lipinski definition) is 1. The summed E-state index contributed by atoms with van der Waals surface area (Å²) in [5, 5.41) is 1.67. The maximum Gasteiger partial charge on any atom is 0.273 e. The summed E-state index contributed by atoms with van der Waals surface area (Å²) in [7, 11) is -3.80. The Bertz CT molecular complexity index is 1420. The predicted molar refractivity (Wildman–Crippen MR) is 148 cm³/mol. The van der Waals surface area contributed by atoms with Crippen LogP contribution in [0.4, 0.5) is 0 Å². The van der Waals surface area contributed by atoms with E-state index in [1.807, 2.05) is 36.4 Å². The van der Waals surface area contributed by atoms with E-state index in [1.54, 1.807) is 11.4 Å². The fourth-order valence-electron chi connectivity index (χ4n) is 4.28. The number of sulfonamides is 1. The molecule has 0 saturated heterocycles. The van der Waals surface area contributed by atoms with Crippen LogP contribution in [0, 0.1) is 6.92 Å². The molecule has 1 aromatic heterocycles. The Hall–Kier alpha value is -3.42. The van der Waals surface area contributed by atoms with Crippen LogP contribution >= 0.6 is 11.3 Å². The van der Waals surface area contributed by atoms with Crippen molar-refractivity contribution < 1.29 is 17.9 Å². The van der Waals surface area contributed by atoms with E-state index in [1.165, 1.54) is 17.2 Å². The zero-order valence-corrected chi connectivity index (χ0v) is 22.5. The van der Waals surface area contributed by atoms with E-state index in [0.29, 0.717) is 13.0 Å². The molecule has 0 fully saturated rings. The number of nitrogens with one attached hydrogen (secondary N) is 1. The second kappa shape index (κ2) is 12.7. The van der Waals surface area contributed by atoms with Gasteiger partial charge in [-0.1, -0.05) is 78.9 Å². The van der Waals surface area contributed by atoms with Crippen LogP contribution in [0.1, 0.15) is 40.7 Å². The molecule has 37 heavy (non-hydrogen) atoms. The smallest absolute Gasteiger partial charge is 0.273 e. The van der Waals surface area contributed by atoms with Gasteiger partial charge in [-0.3, -0.25) is 4.79 Å². The third kappa shape index (κ3) is 7.54. The molecule has 1 N–H and O–H groups in total. The summed E-state index contributed by atoms with van der Waals surface area (Å²) >= 11 is 1.09. The molecule has 7 heteroatoms. The lowest BCUT2D eigenvalue weighted by atomic mass is 9.96. The number of rotatable bonds is 12. The summed E-state index contributed by atoms with van der Waals surface area (Å²) in [6.07, 6.45) is 3.26. The zero-order valence-electron chi connectivity index (χ0n) is 20.9. The van der Waals surface area contributed by atoms with Crippen molar-refractivity contribution in [2.75, 3.05) is 0 Å². The number of benzene rings is 3. The molecular formula is C30H31NO4S2. The van der Waals surface area contributed by atoms with Crippen molar-refractivity contribution >= 4 is 27.3 Å². The first-order valence-corrected chi connectivity index (χ1v) is 14.7. The molecule has 0 radical (unpaired) electrons. The lowest BCUT2D eigenvalue weighted by Crippen LogP contribution is -2.30. The first-order valence-electron chi connectivity index (χ1n) is 12.3. The fraction of sp³-hybridized carbons (Fsp3) is 0.233. The third-order valence-electron chi connectivity index (χ3n) is 6.16. The number of carbonyl (C=O) groups is 1. The zero-order chi connectivity index (χ0) is 26.1. The number of thiophene rings is 1. The van der Waals surface area contributed by atoms with E-state index < -0.39 is 15.9 Å². The van der Waals surface area contributed by atoms with Crippen molar-refractivity contribution in [3.05, 3.63) is 118 Å². The minimum atomic E-state index is -3.80. The highest BCUT2D eigenvalue weighted by molar-refractivity contribution is 7.92. The summed E-state index contributed by atoms with van der Waals surface area (Å²) in [5.74, 6) is 0.450. The molecule has 5 nitrogen and oxygen atoms in total. The number of ether oxygens (including phenoxy) is 1. The van der Waals surface area contributed by atoms with Gasteiger partial charge in [0.15, 0.2) is 0 Å². The molecule has 0 atom stereocenters. The van der Waals surface area contributed by atoms with Crippen molar-refractivity contribution in [2.24, 2.45) is 0 Å². The van der Waals surface area contributed by atoms with E-state index in [9.17, 15) is 13.2 Å². The van der Waals surface area contributed by atoms with Crippen LogP contribution in [-0.4, -0.2) is 14.3 Å². The molecule has 0 aliphatic heterocycles. The van der Waals surface area contributed by atoms with E-state index >= 15 is 0 Å². The molecule has 192 valence electrons. The van der Waals surface area contributed by atoms with Gasteiger partial charge >= 0.3 is 0 Å². The van der Waals surface area contributed by atoms with Crippen molar-refractivity contribution in [3.63, 3.8) is 0 Å². The van der Waals surface area contributed by atoms with Gasteiger partial charge in [-0.2, -0.15) is 0 Å². The minimum Gasteiger partial charge on any atom is -0.488 e. The first-order chi connectivity index (χ1) is 17.9. The third-order valence-corrected chi connectivity index (χ3v) is 8.93. The van der Waals surface area contributed by atoms with Crippen LogP contribution < -0.4 is 9.46 Å². The first kappa shape index (κ1) is 26.6. The quantitative estimate of drug-likeness (QED) is 0.234. The van der Waals surface area contributed by atoms with Crippen LogP contribution in [0.15, 0.2) is 94.5 Å². The Morgan fingerprint density at radius 1 is 0.811 bits per heavy atom. The Morgan fingerprint density at radius 2 is 1.49 bits per heavy atom. The second-order valence-corrected chi connectivity index (χ2v) is 11.8. The van der Waals surface area contributed by atoms with E-state index in [4.69, 9.17) is 4.74 Å². The molecule has 0 saturated carbocycles. The number of hydrogen-bond acceptors (Lipinski definition) is 5. The van der Waals surface area contributed by atoms with E-state index in [-0.39, 0.29) is 10.6 Å². The average molecular weight is 534 g/mol. The van der Waals surface area contributed by atoms with Crippen molar-refractivity contribution in [1.82, 2.24) is 4.72 Å². The summed E-state index contributed by atoms with van der Waals surface area (Å²) in [4.78, 5) is 12.4. The monoisotopic (exact) mass is 533 g/mol. The summed E-state index contributed by atoms with van der Waals surface area (Å²) in [6.45, 7) is 2.61. The lowest BCUT2D eigenvalue weighted by Gasteiger charge is -2.15. The van der Waals surface area contributed by atoms with Gasteiger partial charge in [0, 0.05) is 6.42 Å². The topological polar surface area (TPSA) is 72.5 Å². The molecule has 1 amide bonds. The molecule has 4 rings (SSSR count). The van der Waals surface area contributed by atoms with Crippen LogP contribution in [0.25, 0.3) is 0 Å². The molecule has 3 aromatic carbocycles. The Balaban J connectivity index is 1.33. The van der Waals surface area contributed by atoms with Crippen molar-refractivity contribution in [2.45, 2.75) is 49.8 Å². The second-order valence-electron chi connectivity index (χ2n) is 8.92. The highest BCUT2D eigenvalue weighted by Crippen LogP contribution is 2.27. The van der Waals surface area contributed by atoms with Gasteiger partial charge in [0.1, 0.15) is 16.6 Å². The van der Waals surface area contributed by atoms with Gasteiger partial charge in [0.25, 0.3) is 10.0 Å². The van der Waals surface area contributed by atoms with Crippen molar-refractivity contribution in [3.8, 4) is 5.75 Å². The van der Waals surface area contributed by atoms with Crippen LogP contribution in [0.2, 0.25) is 0 Å². The molecule has 4 aromatic rings. The van der Waals surface area contributed by atoms with Gasteiger partial charge in [-0.15, -0.1) is 11.3 Å². The van der Waals surface area contributed by atoms with E-state index in [2.05, 4.69) is 48.0 Å². The largest absolute Gasteiger partial charge is 0.488 e. The summed E-state index contributed by atoms with van der Waals surface area (Å²) < 4.78 is 33.2. The van der Waals surface area contributed by atoms with Gasteiger partial charge in [0.05, 0.1) is 0 Å². The molecular weight excluding hydrogens is 502 g/mol. The maximum absolute atomic E-state index is 12.4. The minimum absolute atomic E-state index is 0.108. The summed E-state index contributed by atoms with van der Waals surface area (Å²) in [6, 6.07) is 27.6. The molecule has 0 aliphatic carbocycles. The molecule has 0 bridgehead atoms. The number of aryl methyl sites for hydroxylation is 4. The SMILES string of the molecule is Cc1cccc(CCCc2ccccc2CCC(=O)NS(=O)(=O)c2cccs2)c1OCc1ccccc1. The number of para-hydroxylation sites is 1. The van der Waals surface area contributed by atoms with Gasteiger partial charge in [-0.25, -0.2) is 13.1 Å². The Morgan fingerprint density at radius 3 is 2.22 bits per heavy atom. The summed E-state index contributed by atoms with van der Waals surface area (Å²) in [5.41, 5.74) is 5.69. The molecule has 0 spiro atoms. The highest BCUT2D eigenvalue weighted by Gasteiger charge is 2.18. The van der Waals surface area contributed by atoms with Crippen LogP contribution in [-0.2, 0) is 40.7 Å². The molecule has 1 heterocycles. The molecule has 0 aliphatic rings. The average Bonchev–Trinajstić information content (AvgIpc) is 3.45. The fourth-order valence-corrected chi connectivity index (χ4v) is 6.28. The molecule has 0 unspecified atom stereocenters. The number of amides is 1. The van der Waals surface area contributed by atoms with Crippen LogP contribution in [0.5, 0.6) is 5.75 Å². The van der Waals surface area contributed by atoms with Gasteiger partial charge in [0.2, 0.25) is 5.91 Å². The number of carbonyl (C=O) groups excluding carboxylic acids is 1. The highest BCUT2D eigenvalue weighted by atomic mass is 32.2. The Kier molecular flexibility index (Phi) is 9.14. The van der Waals surface area contributed by atoms with Crippen molar-refractivity contribution in [1.29, 1.82) is 0 Å². The normalized spacial score (nSPS) is 11.3. The standard InChI is InChI=1S/C30H31NO4S2/c1-23-10-7-16-27(30(23)35-22-24-11-3-2-4-12-24)17-8-15-25-13-5-6-14-26(25)19-20-28(32)31-37(33,34)29-18-9-21-36-29/h2-7,9-14,16,18,21H,8,15,17,19-20,22H2,1H3,(H,31,32). The maximum atomic E-state index is 12.4. The Labute approximate surface area is 223 Å².